The number of fused-ring (bicyclic) bond motifs is 1. The third kappa shape index (κ3) is 3.72. The summed E-state index contributed by atoms with van der Waals surface area (Å²) in [4.78, 5) is 22.4. The number of halogens is 1. The lowest BCUT2D eigenvalue weighted by molar-refractivity contribution is -0.139. The van der Waals surface area contributed by atoms with E-state index in [0.29, 0.717) is 32.8 Å². The van der Waals surface area contributed by atoms with Gasteiger partial charge in [-0.25, -0.2) is 13.9 Å². The van der Waals surface area contributed by atoms with Gasteiger partial charge in [0, 0.05) is 31.7 Å². The van der Waals surface area contributed by atoms with Crippen LogP contribution in [-0.2, 0) is 9.53 Å². The van der Waals surface area contributed by atoms with E-state index in [1.807, 2.05) is 11.1 Å². The molecule has 29 heavy (non-hydrogen) atoms. The van der Waals surface area contributed by atoms with Crippen molar-refractivity contribution in [3.63, 3.8) is 0 Å². The van der Waals surface area contributed by atoms with E-state index in [9.17, 15) is 9.18 Å². The minimum Gasteiger partial charge on any atom is -0.378 e. The number of rotatable bonds is 3. The first kappa shape index (κ1) is 18.5. The fraction of sp³-hybridized carbons (Fsp3) is 0.450. The quantitative estimate of drug-likeness (QED) is 0.658. The van der Waals surface area contributed by atoms with Crippen molar-refractivity contribution in [2.45, 2.75) is 12.8 Å². The Morgan fingerprint density at radius 3 is 2.72 bits per heavy atom. The average molecular weight is 415 g/mol. The molecular weight excluding hydrogens is 393 g/mol. The minimum absolute atomic E-state index is 0.00727. The fourth-order valence-corrected chi connectivity index (χ4v) is 4.89. The molecular formula is C20H22FN5O2S. The second-order valence-corrected chi connectivity index (χ2v) is 8.40. The predicted molar refractivity (Wildman–Crippen MR) is 109 cm³/mol. The summed E-state index contributed by atoms with van der Waals surface area (Å²) in [5.74, 6) is -0.0211. The molecule has 0 aliphatic carbocycles. The molecule has 4 heterocycles. The maximum absolute atomic E-state index is 13.1. The number of ether oxygens (including phenoxy) is 1. The molecule has 2 aliphatic heterocycles. The molecule has 2 aliphatic rings. The van der Waals surface area contributed by atoms with E-state index in [-0.39, 0.29) is 17.6 Å². The van der Waals surface area contributed by atoms with E-state index in [1.165, 1.54) is 23.5 Å². The van der Waals surface area contributed by atoms with Crippen LogP contribution in [0.4, 0.5) is 9.52 Å². The van der Waals surface area contributed by atoms with Gasteiger partial charge in [0.25, 0.3) is 0 Å². The molecule has 0 N–H and O–H groups in total. The number of hydrogen-bond acceptors (Lipinski definition) is 6. The first-order valence-electron chi connectivity index (χ1n) is 9.91. The third-order valence-corrected chi connectivity index (χ3v) is 6.52. The number of nitrogens with zero attached hydrogens (tertiary/aromatic N) is 5. The van der Waals surface area contributed by atoms with Crippen molar-refractivity contribution < 1.29 is 13.9 Å². The summed E-state index contributed by atoms with van der Waals surface area (Å²) in [5, 5.41) is 5.57. The molecule has 152 valence electrons. The van der Waals surface area contributed by atoms with Crippen molar-refractivity contribution in [2.24, 2.45) is 5.92 Å². The number of benzene rings is 1. The standard InChI is InChI=1S/C20H22FN5O2S/c21-16-5-3-14(4-6-16)17-13-26-19(22-17)29-20(23-26)25-7-1-2-15(12-25)18(27)24-8-10-28-11-9-24/h3-6,13,15H,1-2,7-12H2/t15-/m0/s1. The van der Waals surface area contributed by atoms with E-state index in [0.717, 1.165) is 40.7 Å². The van der Waals surface area contributed by atoms with Gasteiger partial charge in [-0.2, -0.15) is 0 Å². The Balaban J connectivity index is 1.31. The maximum Gasteiger partial charge on any atom is 0.227 e. The first-order valence-corrected chi connectivity index (χ1v) is 10.7. The number of amides is 1. The van der Waals surface area contributed by atoms with Gasteiger partial charge in [-0.3, -0.25) is 4.79 Å². The van der Waals surface area contributed by atoms with Crippen molar-refractivity contribution in [3.05, 3.63) is 36.3 Å². The van der Waals surface area contributed by atoms with Gasteiger partial charge in [-0.05, 0) is 37.1 Å². The van der Waals surface area contributed by atoms with E-state index < -0.39 is 0 Å². The third-order valence-electron chi connectivity index (χ3n) is 5.54. The second-order valence-electron chi connectivity index (χ2n) is 7.47. The van der Waals surface area contributed by atoms with Gasteiger partial charge in [-0.15, -0.1) is 5.10 Å². The monoisotopic (exact) mass is 415 g/mol. The molecule has 1 atom stereocenters. The van der Waals surface area contributed by atoms with Crippen LogP contribution >= 0.6 is 11.3 Å². The number of anilines is 1. The highest BCUT2D eigenvalue weighted by atomic mass is 32.1. The van der Waals surface area contributed by atoms with Crippen LogP contribution < -0.4 is 4.90 Å². The molecule has 0 radical (unpaired) electrons. The summed E-state index contributed by atoms with van der Waals surface area (Å²) in [6.45, 7) is 4.22. The van der Waals surface area contributed by atoms with Crippen molar-refractivity contribution >= 4 is 27.3 Å². The Labute approximate surface area is 171 Å². The van der Waals surface area contributed by atoms with Crippen LogP contribution in [0.2, 0.25) is 0 Å². The highest BCUT2D eigenvalue weighted by Gasteiger charge is 2.31. The number of imidazole rings is 1. The molecule has 0 bridgehead atoms. The number of carbonyl (C=O) groups excluding carboxylic acids is 1. The molecule has 1 amide bonds. The Morgan fingerprint density at radius 1 is 1.17 bits per heavy atom. The summed E-state index contributed by atoms with van der Waals surface area (Å²) >= 11 is 1.52. The molecule has 7 nitrogen and oxygen atoms in total. The van der Waals surface area contributed by atoms with E-state index >= 15 is 0 Å². The lowest BCUT2D eigenvalue weighted by Gasteiger charge is -2.35. The molecule has 0 spiro atoms. The second kappa shape index (κ2) is 7.72. The lowest BCUT2D eigenvalue weighted by atomic mass is 9.96. The molecule has 3 aromatic rings. The van der Waals surface area contributed by atoms with Crippen LogP contribution in [-0.4, -0.2) is 64.8 Å². The fourth-order valence-electron chi connectivity index (χ4n) is 3.97. The van der Waals surface area contributed by atoms with Gasteiger partial charge in [0.05, 0.1) is 31.0 Å². The summed E-state index contributed by atoms with van der Waals surface area (Å²) < 4.78 is 20.3. The Kier molecular flexibility index (Phi) is 4.92. The minimum atomic E-state index is -0.263. The van der Waals surface area contributed by atoms with Gasteiger partial charge in [0.15, 0.2) is 0 Å². The van der Waals surface area contributed by atoms with Gasteiger partial charge < -0.3 is 14.5 Å². The number of hydrogen-bond donors (Lipinski definition) is 0. The van der Waals surface area contributed by atoms with Crippen molar-refractivity contribution in [1.29, 1.82) is 0 Å². The number of carbonyl (C=O) groups is 1. The van der Waals surface area contributed by atoms with Gasteiger partial charge >= 0.3 is 0 Å². The number of aromatic nitrogens is 3. The van der Waals surface area contributed by atoms with Crippen LogP contribution in [0, 0.1) is 11.7 Å². The highest BCUT2D eigenvalue weighted by Crippen LogP contribution is 2.30. The predicted octanol–water partition coefficient (Wildman–Crippen LogP) is 2.67. The van der Waals surface area contributed by atoms with Crippen molar-refractivity contribution in [1.82, 2.24) is 19.5 Å². The Hall–Kier alpha value is -2.52. The van der Waals surface area contributed by atoms with Crippen LogP contribution in [0.25, 0.3) is 16.2 Å². The maximum atomic E-state index is 13.1. The van der Waals surface area contributed by atoms with Crippen LogP contribution in [0.1, 0.15) is 12.8 Å². The molecule has 0 saturated carbocycles. The molecule has 2 fully saturated rings. The largest absolute Gasteiger partial charge is 0.378 e. The smallest absolute Gasteiger partial charge is 0.227 e. The molecule has 0 unspecified atom stereocenters. The lowest BCUT2D eigenvalue weighted by Crippen LogP contribution is -2.48. The van der Waals surface area contributed by atoms with Crippen LogP contribution in [0.3, 0.4) is 0 Å². The van der Waals surface area contributed by atoms with Gasteiger partial charge in [0.2, 0.25) is 16.0 Å². The molecule has 9 heteroatoms. The zero-order valence-corrected chi connectivity index (χ0v) is 16.8. The topological polar surface area (TPSA) is 63.0 Å². The van der Waals surface area contributed by atoms with Crippen LogP contribution in [0.15, 0.2) is 30.5 Å². The average Bonchev–Trinajstić information content (AvgIpc) is 3.34. The number of morpholine rings is 1. The molecule has 5 rings (SSSR count). The molecule has 1 aromatic carbocycles. The summed E-state index contributed by atoms with van der Waals surface area (Å²) in [6.07, 6.45) is 3.76. The molecule has 2 saturated heterocycles. The van der Waals surface area contributed by atoms with Gasteiger partial charge in [0.1, 0.15) is 5.82 Å². The zero-order valence-electron chi connectivity index (χ0n) is 16.0. The van der Waals surface area contributed by atoms with Gasteiger partial charge in [-0.1, -0.05) is 11.3 Å². The van der Waals surface area contributed by atoms with Crippen molar-refractivity contribution in [2.75, 3.05) is 44.3 Å². The SMILES string of the molecule is O=C([C@H]1CCCN(c2nn3cc(-c4ccc(F)cc4)nc3s2)C1)N1CCOCC1. The number of piperidine rings is 1. The normalized spacial score (nSPS) is 20.4. The first-order chi connectivity index (χ1) is 14.2. The summed E-state index contributed by atoms with van der Waals surface area (Å²) in [7, 11) is 0. The highest BCUT2D eigenvalue weighted by molar-refractivity contribution is 7.20. The summed E-state index contributed by atoms with van der Waals surface area (Å²) in [5.41, 5.74) is 1.63. The van der Waals surface area contributed by atoms with E-state index in [4.69, 9.17) is 4.74 Å². The van der Waals surface area contributed by atoms with E-state index in [1.54, 1.807) is 16.6 Å². The van der Waals surface area contributed by atoms with Crippen LogP contribution in [0.5, 0.6) is 0 Å². The zero-order chi connectivity index (χ0) is 19.8. The van der Waals surface area contributed by atoms with Crippen molar-refractivity contribution in [3.8, 4) is 11.3 Å². The summed E-state index contributed by atoms with van der Waals surface area (Å²) in [6, 6.07) is 6.30. The Morgan fingerprint density at radius 2 is 1.97 bits per heavy atom. The Bertz CT molecular complexity index is 980. The van der Waals surface area contributed by atoms with E-state index in [2.05, 4.69) is 15.0 Å². The molecule has 2 aromatic heterocycles.